The highest BCUT2D eigenvalue weighted by molar-refractivity contribution is 7.89. The summed E-state index contributed by atoms with van der Waals surface area (Å²) in [6.07, 6.45) is 1.44. The molecule has 0 saturated heterocycles. The molecule has 0 spiro atoms. The quantitative estimate of drug-likeness (QED) is 0.325. The first-order valence-electron chi connectivity index (χ1n) is 12.6. The normalized spacial score (nSPS) is 16.2. The Morgan fingerprint density at radius 2 is 1.92 bits per heavy atom. The first kappa shape index (κ1) is 28.1. The highest BCUT2D eigenvalue weighted by Crippen LogP contribution is 2.34. The van der Waals surface area contributed by atoms with E-state index in [1.807, 2.05) is 25.3 Å². The molecule has 2 aromatic carbocycles. The number of carbonyl (C=O) groups excluding carboxylic acids is 1. The number of sulfonamides is 1. The van der Waals surface area contributed by atoms with Gasteiger partial charge in [-0.25, -0.2) is 12.8 Å². The maximum absolute atomic E-state index is 14.2. The lowest BCUT2D eigenvalue weighted by atomic mass is 10.0. The van der Waals surface area contributed by atoms with Crippen LogP contribution in [0.1, 0.15) is 36.8 Å². The van der Waals surface area contributed by atoms with Crippen molar-refractivity contribution in [3.63, 3.8) is 0 Å². The Hall–Kier alpha value is -2.95. The third-order valence-corrected chi connectivity index (χ3v) is 9.69. The molecule has 1 amide bonds. The highest BCUT2D eigenvalue weighted by Gasteiger charge is 2.35. The van der Waals surface area contributed by atoms with Crippen molar-refractivity contribution in [1.82, 2.24) is 9.21 Å². The Kier molecular flexibility index (Phi) is 9.07. The van der Waals surface area contributed by atoms with Crippen LogP contribution in [0.2, 0.25) is 0 Å². The van der Waals surface area contributed by atoms with Gasteiger partial charge in [0.1, 0.15) is 12.4 Å². The molecule has 0 fully saturated rings. The molecule has 0 aliphatic carbocycles. The number of methoxy groups -OCH3 is 1. The van der Waals surface area contributed by atoms with E-state index in [1.165, 1.54) is 29.6 Å². The molecule has 0 N–H and O–H groups in total. The molecule has 2 atom stereocenters. The number of para-hydroxylation sites is 1. The van der Waals surface area contributed by atoms with Crippen LogP contribution in [-0.2, 0) is 21.2 Å². The fraction of sp³-hybridized carbons (Fsp3) is 0.393. The molecular weight excluding hydrogens is 527 g/mol. The number of hydrogen-bond acceptors (Lipinski definition) is 6. The number of hydrogen-bond donors (Lipinski definition) is 0. The molecule has 7 nitrogen and oxygen atoms in total. The van der Waals surface area contributed by atoms with E-state index in [1.54, 1.807) is 46.6 Å². The monoisotopic (exact) mass is 560 g/mol. The van der Waals surface area contributed by atoms with Gasteiger partial charge >= 0.3 is 0 Å². The summed E-state index contributed by atoms with van der Waals surface area (Å²) < 4.78 is 53.7. The molecular formula is C28H33FN2O5S2. The topological polar surface area (TPSA) is 76.2 Å². The second kappa shape index (κ2) is 12.3. The van der Waals surface area contributed by atoms with Crippen LogP contribution in [0, 0.1) is 11.7 Å². The molecule has 10 heteroatoms. The minimum Gasteiger partial charge on any atom is -0.497 e. The van der Waals surface area contributed by atoms with Crippen LogP contribution in [0.3, 0.4) is 0 Å². The van der Waals surface area contributed by atoms with Gasteiger partial charge in [-0.15, -0.1) is 11.3 Å². The van der Waals surface area contributed by atoms with E-state index in [0.29, 0.717) is 18.7 Å². The largest absolute Gasteiger partial charge is 0.497 e. The first-order chi connectivity index (χ1) is 18.2. The number of rotatable bonds is 11. The number of thiophene rings is 1. The standard InChI is InChI=1S/C28H33FN2O5S2/c1-4-20(2)17-30(38(33,34)22-11-9-21(35-3)10-12-22)18-28(32)31-15-13-27-23(14-16-37-27)25(31)19-36-26-8-6-5-7-24(26)29/h5-12,14,16,20,25H,4,13,15,17-19H2,1-3H3. The Labute approximate surface area is 227 Å². The number of benzene rings is 2. The minimum atomic E-state index is -3.94. The van der Waals surface area contributed by atoms with Gasteiger partial charge in [-0.3, -0.25) is 4.79 Å². The summed E-state index contributed by atoms with van der Waals surface area (Å²) in [5.74, 6) is -0.0731. The molecule has 38 heavy (non-hydrogen) atoms. The summed E-state index contributed by atoms with van der Waals surface area (Å²) in [5, 5.41) is 1.97. The smallest absolute Gasteiger partial charge is 0.243 e. The average Bonchev–Trinajstić information content (AvgIpc) is 3.41. The summed E-state index contributed by atoms with van der Waals surface area (Å²) in [4.78, 5) is 16.7. The predicted octanol–water partition coefficient (Wildman–Crippen LogP) is 5.14. The van der Waals surface area contributed by atoms with Crippen molar-refractivity contribution < 1.29 is 27.1 Å². The third kappa shape index (κ3) is 6.19. The first-order valence-corrected chi connectivity index (χ1v) is 14.9. The van der Waals surface area contributed by atoms with Gasteiger partial charge in [-0.05, 0) is 65.7 Å². The van der Waals surface area contributed by atoms with Crippen molar-refractivity contribution >= 4 is 27.3 Å². The van der Waals surface area contributed by atoms with E-state index in [-0.39, 0.29) is 42.2 Å². The van der Waals surface area contributed by atoms with Crippen LogP contribution < -0.4 is 9.47 Å². The summed E-state index contributed by atoms with van der Waals surface area (Å²) in [5.41, 5.74) is 0.956. The predicted molar refractivity (Wildman–Crippen MR) is 146 cm³/mol. The zero-order valence-corrected chi connectivity index (χ0v) is 23.4. The second-order valence-corrected chi connectivity index (χ2v) is 12.3. The number of fused-ring (bicyclic) bond motifs is 1. The highest BCUT2D eigenvalue weighted by atomic mass is 32.2. The van der Waals surface area contributed by atoms with Gasteiger partial charge in [-0.2, -0.15) is 4.31 Å². The van der Waals surface area contributed by atoms with Gasteiger partial charge < -0.3 is 14.4 Å². The van der Waals surface area contributed by atoms with E-state index in [2.05, 4.69) is 0 Å². The number of halogens is 1. The summed E-state index contributed by atoms with van der Waals surface area (Å²) >= 11 is 1.61. The second-order valence-electron chi connectivity index (χ2n) is 9.38. The lowest BCUT2D eigenvalue weighted by Crippen LogP contribution is -2.48. The van der Waals surface area contributed by atoms with Crippen LogP contribution in [0.5, 0.6) is 11.5 Å². The average molecular weight is 561 g/mol. The van der Waals surface area contributed by atoms with E-state index in [9.17, 15) is 17.6 Å². The summed E-state index contributed by atoms with van der Waals surface area (Å²) in [6, 6.07) is 13.8. The lowest BCUT2D eigenvalue weighted by molar-refractivity contribution is -0.135. The Balaban J connectivity index is 1.59. The van der Waals surface area contributed by atoms with Crippen molar-refractivity contribution in [3.05, 3.63) is 76.2 Å². The molecule has 0 bridgehead atoms. The van der Waals surface area contributed by atoms with Crippen LogP contribution in [0.25, 0.3) is 0 Å². The molecule has 1 aliphatic heterocycles. The number of carbonyl (C=O) groups is 1. The van der Waals surface area contributed by atoms with Crippen molar-refractivity contribution in [1.29, 1.82) is 0 Å². The van der Waals surface area contributed by atoms with Crippen molar-refractivity contribution in [2.75, 3.05) is 33.4 Å². The molecule has 1 aromatic heterocycles. The third-order valence-electron chi connectivity index (χ3n) is 6.87. The number of amides is 1. The van der Waals surface area contributed by atoms with Crippen LogP contribution in [0.4, 0.5) is 4.39 Å². The Morgan fingerprint density at radius 1 is 1.18 bits per heavy atom. The van der Waals surface area contributed by atoms with Gasteiger partial charge in [0, 0.05) is 18.0 Å². The number of nitrogens with zero attached hydrogens (tertiary/aromatic N) is 2. The van der Waals surface area contributed by atoms with E-state index >= 15 is 0 Å². The maximum atomic E-state index is 14.2. The molecule has 2 heterocycles. The van der Waals surface area contributed by atoms with E-state index in [0.717, 1.165) is 16.9 Å². The van der Waals surface area contributed by atoms with Crippen molar-refractivity contribution in [3.8, 4) is 11.5 Å². The minimum absolute atomic E-state index is 0.0563. The molecule has 3 aromatic rings. The number of ether oxygens (including phenoxy) is 2. The van der Waals surface area contributed by atoms with Crippen molar-refractivity contribution in [2.24, 2.45) is 5.92 Å². The van der Waals surface area contributed by atoms with Crippen LogP contribution in [-0.4, -0.2) is 56.9 Å². The van der Waals surface area contributed by atoms with Gasteiger partial charge in [0.2, 0.25) is 15.9 Å². The Morgan fingerprint density at radius 3 is 2.61 bits per heavy atom. The molecule has 4 rings (SSSR count). The fourth-order valence-electron chi connectivity index (χ4n) is 4.47. The van der Waals surface area contributed by atoms with E-state index < -0.39 is 21.9 Å². The molecule has 0 radical (unpaired) electrons. The zero-order valence-electron chi connectivity index (χ0n) is 21.8. The summed E-state index contributed by atoms with van der Waals surface area (Å²) in [6.45, 7) is 4.36. The molecule has 204 valence electrons. The fourth-order valence-corrected chi connectivity index (χ4v) is 6.91. The SMILES string of the molecule is CCC(C)CN(CC(=O)N1CCc2sccc2C1COc1ccccc1F)S(=O)(=O)c1ccc(OC)cc1. The molecule has 2 unspecified atom stereocenters. The van der Waals surface area contributed by atoms with Crippen LogP contribution in [0.15, 0.2) is 64.9 Å². The zero-order chi connectivity index (χ0) is 27.3. The van der Waals surface area contributed by atoms with Crippen molar-refractivity contribution in [2.45, 2.75) is 37.6 Å². The van der Waals surface area contributed by atoms with Crippen LogP contribution >= 0.6 is 11.3 Å². The molecule has 1 aliphatic rings. The Bertz CT molecular complexity index is 1340. The summed E-state index contributed by atoms with van der Waals surface area (Å²) in [7, 11) is -2.43. The van der Waals surface area contributed by atoms with Gasteiger partial charge in [0.15, 0.2) is 11.6 Å². The lowest BCUT2D eigenvalue weighted by Gasteiger charge is -2.37. The maximum Gasteiger partial charge on any atom is 0.243 e. The molecule has 0 saturated carbocycles. The van der Waals surface area contributed by atoms with Gasteiger partial charge in [0.05, 0.1) is 24.6 Å². The van der Waals surface area contributed by atoms with E-state index in [4.69, 9.17) is 9.47 Å². The van der Waals surface area contributed by atoms with Gasteiger partial charge in [-0.1, -0.05) is 32.4 Å². The van der Waals surface area contributed by atoms with Gasteiger partial charge in [0.25, 0.3) is 0 Å².